The molecule has 6 heteroatoms. The molecule has 0 N–H and O–H groups in total. The van der Waals surface area contributed by atoms with Crippen LogP contribution in [0.4, 0.5) is 0 Å². The summed E-state index contributed by atoms with van der Waals surface area (Å²) < 4.78 is 37.1. The van der Waals surface area contributed by atoms with Crippen LogP contribution in [0.5, 0.6) is 0 Å². The number of rotatable bonds is 15. The molecule has 21 heavy (non-hydrogen) atoms. The fourth-order valence-electron chi connectivity index (χ4n) is 2.08. The van der Waals surface area contributed by atoms with Crippen LogP contribution in [0.1, 0.15) is 64.7 Å². The van der Waals surface area contributed by atoms with Gasteiger partial charge in [-0.25, -0.2) is 0 Å². The van der Waals surface area contributed by atoms with Gasteiger partial charge in [0.25, 0.3) is 10.1 Å². The van der Waals surface area contributed by atoms with Crippen LogP contribution < -0.4 is 0 Å². The molecule has 0 aromatic rings. The van der Waals surface area contributed by atoms with Gasteiger partial charge in [0.05, 0.1) is 19.0 Å². The van der Waals surface area contributed by atoms with Crippen molar-refractivity contribution >= 4 is 10.1 Å². The standard InChI is InChI=1S/C15H32O5S/c1-4-5-6-7-8-9-10-11-12-15(19-14-18-2)13-20-21(3,16)17/h15H,4-14H2,1-3H3/t15-/m0/s1. The second kappa shape index (κ2) is 13.5. The highest BCUT2D eigenvalue weighted by atomic mass is 32.2. The van der Waals surface area contributed by atoms with E-state index in [9.17, 15) is 8.42 Å². The Morgan fingerprint density at radius 3 is 2.05 bits per heavy atom. The predicted octanol–water partition coefficient (Wildman–Crippen LogP) is 3.48. The molecule has 0 aromatic carbocycles. The van der Waals surface area contributed by atoms with E-state index in [0.717, 1.165) is 25.5 Å². The number of ether oxygens (including phenoxy) is 2. The van der Waals surface area contributed by atoms with E-state index in [2.05, 4.69) is 6.92 Å². The normalized spacial score (nSPS) is 13.5. The molecule has 0 rings (SSSR count). The molecule has 128 valence electrons. The third kappa shape index (κ3) is 16.0. The summed E-state index contributed by atoms with van der Waals surface area (Å²) in [6.07, 6.45) is 11.6. The van der Waals surface area contributed by atoms with Gasteiger partial charge in [-0.1, -0.05) is 58.3 Å². The Balaban J connectivity index is 3.70. The minimum absolute atomic E-state index is 0.0681. The van der Waals surface area contributed by atoms with Crippen molar-refractivity contribution in [3.8, 4) is 0 Å². The van der Waals surface area contributed by atoms with Crippen LogP contribution in [0.2, 0.25) is 0 Å². The summed E-state index contributed by atoms with van der Waals surface area (Å²) in [6, 6.07) is 0. The lowest BCUT2D eigenvalue weighted by atomic mass is 10.1. The second-order valence-corrected chi connectivity index (χ2v) is 7.09. The van der Waals surface area contributed by atoms with Gasteiger partial charge in [-0.3, -0.25) is 4.18 Å². The molecule has 0 aliphatic carbocycles. The van der Waals surface area contributed by atoms with Crippen molar-refractivity contribution in [2.45, 2.75) is 70.8 Å². The van der Waals surface area contributed by atoms with Crippen LogP contribution in [-0.2, 0) is 23.8 Å². The van der Waals surface area contributed by atoms with E-state index in [-0.39, 0.29) is 19.5 Å². The van der Waals surface area contributed by atoms with E-state index in [1.807, 2.05) is 0 Å². The topological polar surface area (TPSA) is 61.8 Å². The van der Waals surface area contributed by atoms with Crippen LogP contribution in [-0.4, -0.2) is 41.3 Å². The molecule has 1 atom stereocenters. The highest BCUT2D eigenvalue weighted by molar-refractivity contribution is 7.85. The van der Waals surface area contributed by atoms with Gasteiger partial charge >= 0.3 is 0 Å². The quantitative estimate of drug-likeness (QED) is 0.262. The van der Waals surface area contributed by atoms with E-state index >= 15 is 0 Å². The first-order valence-corrected chi connectivity index (χ1v) is 9.76. The minimum atomic E-state index is -3.41. The number of hydrogen-bond acceptors (Lipinski definition) is 5. The van der Waals surface area contributed by atoms with Gasteiger partial charge in [-0.15, -0.1) is 0 Å². The molecule has 0 bridgehead atoms. The third-order valence-electron chi connectivity index (χ3n) is 3.27. The van der Waals surface area contributed by atoms with Gasteiger partial charge in [0.2, 0.25) is 0 Å². The Kier molecular flexibility index (Phi) is 13.4. The van der Waals surface area contributed by atoms with Gasteiger partial charge in [0.15, 0.2) is 0 Å². The summed E-state index contributed by atoms with van der Waals surface area (Å²) in [6.45, 7) is 2.45. The predicted molar refractivity (Wildman–Crippen MR) is 84.8 cm³/mol. The molecule has 0 fully saturated rings. The lowest BCUT2D eigenvalue weighted by Crippen LogP contribution is -2.23. The monoisotopic (exact) mass is 324 g/mol. The average Bonchev–Trinajstić information content (AvgIpc) is 2.42. The molecule has 0 heterocycles. The third-order valence-corrected chi connectivity index (χ3v) is 3.83. The zero-order valence-corrected chi connectivity index (χ0v) is 14.6. The smallest absolute Gasteiger partial charge is 0.264 e. The Bertz CT molecular complexity index is 316. The van der Waals surface area contributed by atoms with E-state index in [0.29, 0.717) is 0 Å². The van der Waals surface area contributed by atoms with Crippen LogP contribution in [0.25, 0.3) is 0 Å². The summed E-state index contributed by atoms with van der Waals surface area (Å²) in [7, 11) is -1.87. The molecule has 0 radical (unpaired) electrons. The molecule has 0 aliphatic rings. The molecular weight excluding hydrogens is 292 g/mol. The minimum Gasteiger partial charge on any atom is -0.359 e. The van der Waals surface area contributed by atoms with Gasteiger partial charge in [0.1, 0.15) is 6.79 Å². The zero-order chi connectivity index (χ0) is 16.0. The SMILES string of the molecule is CCCCCCCCCC[C@@H](COS(C)(=O)=O)OCOC. The summed E-state index contributed by atoms with van der Waals surface area (Å²) in [5.41, 5.74) is 0. The van der Waals surface area contributed by atoms with Crippen molar-refractivity contribution < 1.29 is 22.1 Å². The first-order valence-electron chi connectivity index (χ1n) is 7.94. The van der Waals surface area contributed by atoms with Crippen molar-refractivity contribution in [1.82, 2.24) is 0 Å². The summed E-state index contributed by atoms with van der Waals surface area (Å²) >= 11 is 0. The first-order chi connectivity index (χ1) is 9.99. The zero-order valence-electron chi connectivity index (χ0n) is 13.8. The molecule has 0 aliphatic heterocycles. The summed E-state index contributed by atoms with van der Waals surface area (Å²) in [5.74, 6) is 0. The fraction of sp³-hybridized carbons (Fsp3) is 1.00. The maximum absolute atomic E-state index is 11.0. The molecular formula is C15H32O5S. The highest BCUT2D eigenvalue weighted by Gasteiger charge is 2.13. The average molecular weight is 324 g/mol. The van der Waals surface area contributed by atoms with Crippen molar-refractivity contribution in [1.29, 1.82) is 0 Å². The van der Waals surface area contributed by atoms with Crippen LogP contribution in [0.15, 0.2) is 0 Å². The largest absolute Gasteiger partial charge is 0.359 e. The molecule has 0 aromatic heterocycles. The first kappa shape index (κ1) is 20.8. The Labute approximate surface area is 130 Å². The van der Waals surface area contributed by atoms with Crippen LogP contribution >= 0.6 is 0 Å². The van der Waals surface area contributed by atoms with Crippen LogP contribution in [0, 0.1) is 0 Å². The fourth-order valence-corrected chi connectivity index (χ4v) is 2.48. The van der Waals surface area contributed by atoms with Gasteiger partial charge in [-0.05, 0) is 6.42 Å². The lowest BCUT2D eigenvalue weighted by Gasteiger charge is -2.16. The number of unbranched alkanes of at least 4 members (excludes halogenated alkanes) is 7. The van der Waals surface area contributed by atoms with Gasteiger partial charge < -0.3 is 9.47 Å². The maximum atomic E-state index is 11.0. The molecule has 0 amide bonds. The van der Waals surface area contributed by atoms with E-state index in [1.165, 1.54) is 38.5 Å². The van der Waals surface area contributed by atoms with Gasteiger partial charge in [-0.2, -0.15) is 8.42 Å². The summed E-state index contributed by atoms with van der Waals surface area (Å²) in [5, 5.41) is 0. The Hall–Kier alpha value is -0.170. The number of hydrogen-bond donors (Lipinski definition) is 0. The maximum Gasteiger partial charge on any atom is 0.264 e. The Morgan fingerprint density at radius 2 is 1.52 bits per heavy atom. The van der Waals surface area contributed by atoms with Crippen molar-refractivity contribution in [3.63, 3.8) is 0 Å². The van der Waals surface area contributed by atoms with Crippen molar-refractivity contribution in [2.75, 3.05) is 26.8 Å². The van der Waals surface area contributed by atoms with E-state index in [4.69, 9.17) is 13.7 Å². The summed E-state index contributed by atoms with van der Waals surface area (Å²) in [4.78, 5) is 0. The van der Waals surface area contributed by atoms with E-state index < -0.39 is 10.1 Å². The molecule has 0 unspecified atom stereocenters. The molecule has 5 nitrogen and oxygen atoms in total. The van der Waals surface area contributed by atoms with Crippen molar-refractivity contribution in [3.05, 3.63) is 0 Å². The van der Waals surface area contributed by atoms with Crippen molar-refractivity contribution in [2.24, 2.45) is 0 Å². The molecule has 0 spiro atoms. The molecule has 0 saturated heterocycles. The Morgan fingerprint density at radius 1 is 0.952 bits per heavy atom. The molecule has 0 saturated carbocycles. The number of methoxy groups -OCH3 is 1. The van der Waals surface area contributed by atoms with Gasteiger partial charge in [0, 0.05) is 7.11 Å². The highest BCUT2D eigenvalue weighted by Crippen LogP contribution is 2.12. The second-order valence-electron chi connectivity index (χ2n) is 5.45. The van der Waals surface area contributed by atoms with E-state index in [1.54, 1.807) is 7.11 Å². The lowest BCUT2D eigenvalue weighted by molar-refractivity contribution is -0.0860. The van der Waals surface area contributed by atoms with Crippen LogP contribution in [0.3, 0.4) is 0 Å².